The van der Waals surface area contributed by atoms with Crippen LogP contribution in [0, 0.1) is 18.3 Å². The quantitative estimate of drug-likeness (QED) is 0.559. The van der Waals surface area contributed by atoms with Crippen LogP contribution in [0.2, 0.25) is 0 Å². The smallest absolute Gasteiger partial charge is 0.306 e. The van der Waals surface area contributed by atoms with E-state index in [-0.39, 0.29) is 24.8 Å². The number of carboxylic acids is 1. The molecule has 2 amide bonds. The van der Waals surface area contributed by atoms with E-state index < -0.39 is 17.9 Å². The second kappa shape index (κ2) is 9.41. The predicted octanol–water partition coefficient (Wildman–Crippen LogP) is 0.813. The maximum Gasteiger partial charge on any atom is 0.306 e. The molecule has 1 aromatic rings. The number of fused-ring (bicyclic) bond motifs is 1. The minimum Gasteiger partial charge on any atom is -0.481 e. The molecule has 0 aliphatic carbocycles. The van der Waals surface area contributed by atoms with Crippen LogP contribution in [0.3, 0.4) is 0 Å². The summed E-state index contributed by atoms with van der Waals surface area (Å²) in [6, 6.07) is 3.26. The van der Waals surface area contributed by atoms with Crippen LogP contribution in [0.5, 0.6) is 0 Å². The number of carboxylic acid groups (broad SMARTS) is 1. The van der Waals surface area contributed by atoms with E-state index in [9.17, 15) is 14.4 Å². The van der Waals surface area contributed by atoms with Crippen LogP contribution < -0.4 is 10.6 Å². The van der Waals surface area contributed by atoms with Gasteiger partial charge in [0.05, 0.1) is 13.0 Å². The molecule has 29 heavy (non-hydrogen) atoms. The summed E-state index contributed by atoms with van der Waals surface area (Å²) in [7, 11) is 0. The van der Waals surface area contributed by atoms with Crippen LogP contribution in [0.1, 0.15) is 36.9 Å². The van der Waals surface area contributed by atoms with E-state index in [4.69, 9.17) is 11.5 Å². The van der Waals surface area contributed by atoms with Gasteiger partial charge < -0.3 is 20.6 Å². The molecule has 0 aromatic carbocycles. The summed E-state index contributed by atoms with van der Waals surface area (Å²) in [6.07, 6.45) is 9.16. The molecule has 0 spiro atoms. The van der Waals surface area contributed by atoms with Crippen LogP contribution in [0.4, 0.5) is 5.82 Å². The molecule has 2 atom stereocenters. The van der Waals surface area contributed by atoms with Crippen molar-refractivity contribution in [1.29, 1.82) is 0 Å². The molecule has 3 heterocycles. The number of carbonyl (C=O) groups excluding carboxylic acids is 2. The molecule has 0 bridgehead atoms. The molecule has 0 saturated carbocycles. The first-order chi connectivity index (χ1) is 14.0. The van der Waals surface area contributed by atoms with E-state index >= 15 is 0 Å². The summed E-state index contributed by atoms with van der Waals surface area (Å²) in [5.41, 5.74) is 2.20. The van der Waals surface area contributed by atoms with Gasteiger partial charge in [0.25, 0.3) is 0 Å². The number of hydrogen-bond donors (Lipinski definition) is 3. The topological polar surface area (TPSA) is 112 Å². The average molecular weight is 398 g/mol. The van der Waals surface area contributed by atoms with Crippen LogP contribution in [-0.2, 0) is 27.2 Å². The van der Waals surface area contributed by atoms with E-state index in [0.717, 1.165) is 30.9 Å². The van der Waals surface area contributed by atoms with Crippen molar-refractivity contribution < 1.29 is 19.5 Å². The monoisotopic (exact) mass is 398 g/mol. The van der Waals surface area contributed by atoms with Crippen molar-refractivity contribution in [2.45, 2.75) is 44.6 Å². The second-order valence-electron chi connectivity index (χ2n) is 7.51. The van der Waals surface area contributed by atoms with E-state index in [1.165, 1.54) is 10.5 Å². The lowest BCUT2D eigenvalue weighted by Gasteiger charge is -2.19. The molecule has 154 valence electrons. The molecule has 1 aromatic heterocycles. The summed E-state index contributed by atoms with van der Waals surface area (Å²) in [5, 5.41) is 14.6. The molecule has 2 aliphatic rings. The average Bonchev–Trinajstić information content (AvgIpc) is 3.04. The number of hydrogen-bond acceptors (Lipinski definition) is 5. The predicted molar refractivity (Wildman–Crippen MR) is 107 cm³/mol. The van der Waals surface area contributed by atoms with Gasteiger partial charge in [0.2, 0.25) is 11.8 Å². The van der Waals surface area contributed by atoms with Gasteiger partial charge in [0.15, 0.2) is 0 Å². The normalized spacial score (nSPS) is 19.1. The Morgan fingerprint density at radius 2 is 2.28 bits per heavy atom. The van der Waals surface area contributed by atoms with Crippen LogP contribution in [0.25, 0.3) is 0 Å². The van der Waals surface area contributed by atoms with Crippen molar-refractivity contribution in [2.24, 2.45) is 5.92 Å². The fourth-order valence-electron chi connectivity index (χ4n) is 3.80. The number of terminal acetylenes is 1. The van der Waals surface area contributed by atoms with Gasteiger partial charge in [-0.3, -0.25) is 14.4 Å². The third-order valence-corrected chi connectivity index (χ3v) is 5.36. The summed E-state index contributed by atoms with van der Waals surface area (Å²) in [4.78, 5) is 41.6. The molecule has 8 nitrogen and oxygen atoms in total. The first kappa shape index (κ1) is 20.6. The number of nitrogens with zero attached hydrogens (tertiary/aromatic N) is 2. The van der Waals surface area contributed by atoms with Crippen molar-refractivity contribution in [2.75, 3.05) is 25.0 Å². The maximum atomic E-state index is 12.6. The van der Waals surface area contributed by atoms with Gasteiger partial charge in [0.1, 0.15) is 11.9 Å². The lowest BCUT2D eigenvalue weighted by Crippen LogP contribution is -2.43. The molecule has 1 saturated heterocycles. The van der Waals surface area contributed by atoms with Crippen LogP contribution in [-0.4, -0.2) is 58.5 Å². The van der Waals surface area contributed by atoms with E-state index in [1.807, 2.05) is 6.07 Å². The summed E-state index contributed by atoms with van der Waals surface area (Å²) in [5.74, 6) is 1.49. The first-order valence-corrected chi connectivity index (χ1v) is 9.95. The third-order valence-electron chi connectivity index (χ3n) is 5.36. The number of rotatable bonds is 8. The zero-order valence-electron chi connectivity index (χ0n) is 16.3. The molecule has 0 radical (unpaired) electrons. The standard InChI is InChI=1S/C21H26N4O4/c1-2-16(12-19(27)28)23-18(26)13-25-11-9-15(21(25)29)6-8-17-7-5-14-4-3-10-22-20(14)24-17/h1,5,7,15-16H,3-4,6,8-13H2,(H,22,24)(H,23,26)(H,27,28)/t15-,16-/m1/s1. The highest BCUT2D eigenvalue weighted by atomic mass is 16.4. The van der Waals surface area contributed by atoms with Gasteiger partial charge in [-0.2, -0.15) is 0 Å². The van der Waals surface area contributed by atoms with Gasteiger partial charge in [-0.05, 0) is 43.7 Å². The van der Waals surface area contributed by atoms with Gasteiger partial charge in [-0.25, -0.2) is 4.98 Å². The highest BCUT2D eigenvalue weighted by Crippen LogP contribution is 2.24. The zero-order chi connectivity index (χ0) is 20.8. The van der Waals surface area contributed by atoms with Gasteiger partial charge >= 0.3 is 5.97 Å². The van der Waals surface area contributed by atoms with Gasteiger partial charge in [-0.15, -0.1) is 6.42 Å². The lowest BCUT2D eigenvalue weighted by atomic mass is 9.99. The van der Waals surface area contributed by atoms with Crippen LogP contribution in [0.15, 0.2) is 12.1 Å². The molecule has 3 N–H and O–H groups in total. The van der Waals surface area contributed by atoms with Crippen molar-refractivity contribution in [3.63, 3.8) is 0 Å². The number of nitrogens with one attached hydrogen (secondary N) is 2. The Hall–Kier alpha value is -3.08. The fourth-order valence-corrected chi connectivity index (χ4v) is 3.80. The number of amides is 2. The van der Waals surface area contributed by atoms with Crippen molar-refractivity contribution in [3.8, 4) is 12.3 Å². The Kier molecular flexibility index (Phi) is 6.70. The number of pyridine rings is 1. The SMILES string of the molecule is C#C[C@H](CC(=O)O)NC(=O)CN1CC[C@@H](CCc2ccc3c(n2)NCCC3)C1=O. The molecule has 0 unspecified atom stereocenters. The summed E-state index contributed by atoms with van der Waals surface area (Å²) in [6.45, 7) is 1.35. The number of aryl methyl sites for hydroxylation is 2. The molecule has 1 fully saturated rings. The fraction of sp³-hybridized carbons (Fsp3) is 0.524. The summed E-state index contributed by atoms with van der Waals surface area (Å²) >= 11 is 0. The van der Waals surface area contributed by atoms with Crippen molar-refractivity contribution in [3.05, 3.63) is 23.4 Å². The highest BCUT2D eigenvalue weighted by Gasteiger charge is 2.32. The largest absolute Gasteiger partial charge is 0.481 e. The molecule has 2 aliphatic heterocycles. The molecule has 8 heteroatoms. The second-order valence-corrected chi connectivity index (χ2v) is 7.51. The van der Waals surface area contributed by atoms with E-state index in [1.54, 1.807) is 0 Å². The Balaban J connectivity index is 1.48. The Bertz CT molecular complexity index is 832. The molecular weight excluding hydrogens is 372 g/mol. The van der Waals surface area contributed by atoms with Gasteiger partial charge in [-0.1, -0.05) is 12.0 Å². The molecule has 3 rings (SSSR count). The van der Waals surface area contributed by atoms with E-state index in [0.29, 0.717) is 25.8 Å². The highest BCUT2D eigenvalue weighted by molar-refractivity contribution is 5.87. The minimum absolute atomic E-state index is 0.0493. The van der Waals surface area contributed by atoms with Gasteiger partial charge in [0, 0.05) is 24.7 Å². The number of aliphatic carboxylic acids is 1. The number of anilines is 1. The lowest BCUT2D eigenvalue weighted by molar-refractivity contribution is -0.138. The number of carbonyl (C=O) groups is 3. The summed E-state index contributed by atoms with van der Waals surface area (Å²) < 4.78 is 0. The van der Waals surface area contributed by atoms with E-state index in [2.05, 4.69) is 27.6 Å². The Labute approximate surface area is 170 Å². The Morgan fingerprint density at radius 1 is 1.45 bits per heavy atom. The third kappa shape index (κ3) is 5.47. The zero-order valence-corrected chi connectivity index (χ0v) is 16.3. The minimum atomic E-state index is -1.09. The first-order valence-electron chi connectivity index (χ1n) is 9.95. The Morgan fingerprint density at radius 3 is 3.03 bits per heavy atom. The number of likely N-dealkylation sites (tertiary alicyclic amines) is 1. The maximum absolute atomic E-state index is 12.6. The van der Waals surface area contributed by atoms with Crippen LogP contribution >= 0.6 is 0 Å². The van der Waals surface area contributed by atoms with Crippen molar-refractivity contribution in [1.82, 2.24) is 15.2 Å². The molecular formula is C21H26N4O4. The van der Waals surface area contributed by atoms with Crippen molar-refractivity contribution >= 4 is 23.6 Å². The number of aromatic nitrogens is 1.